The molecular weight excluding hydrogens is 319 g/mol. The summed E-state index contributed by atoms with van der Waals surface area (Å²) in [5.41, 5.74) is 0.396. The van der Waals surface area contributed by atoms with E-state index < -0.39 is 0 Å². The summed E-state index contributed by atoms with van der Waals surface area (Å²) in [4.78, 5) is 12.3. The molecule has 0 aliphatic rings. The minimum absolute atomic E-state index is 0.257. The van der Waals surface area contributed by atoms with Gasteiger partial charge in [0.05, 0.1) is 6.20 Å². The minimum atomic E-state index is -0.281. The molecule has 0 radical (unpaired) electrons. The SMILES string of the molecule is CC(C)(C)c1ccc(Oc2ccnc(Nc3cnccn3)c2)cc1F. The first-order chi connectivity index (χ1) is 11.9. The third kappa shape index (κ3) is 4.29. The molecular formula is C19H19FN4O. The van der Waals surface area contributed by atoms with Crippen LogP contribution in [0.3, 0.4) is 0 Å². The highest BCUT2D eigenvalue weighted by molar-refractivity contribution is 5.52. The number of anilines is 2. The van der Waals surface area contributed by atoms with Crippen molar-refractivity contribution >= 4 is 11.6 Å². The van der Waals surface area contributed by atoms with E-state index in [0.717, 1.165) is 0 Å². The summed E-state index contributed by atoms with van der Waals surface area (Å²) >= 11 is 0. The van der Waals surface area contributed by atoms with E-state index in [4.69, 9.17) is 4.74 Å². The molecule has 0 fully saturated rings. The van der Waals surface area contributed by atoms with Crippen LogP contribution in [0, 0.1) is 5.82 Å². The van der Waals surface area contributed by atoms with Crippen LogP contribution in [0.2, 0.25) is 0 Å². The van der Waals surface area contributed by atoms with Gasteiger partial charge in [0.1, 0.15) is 29.0 Å². The van der Waals surface area contributed by atoms with Gasteiger partial charge < -0.3 is 10.1 Å². The fourth-order valence-corrected chi connectivity index (χ4v) is 2.34. The third-order valence-electron chi connectivity index (χ3n) is 3.53. The molecule has 25 heavy (non-hydrogen) atoms. The Morgan fingerprint density at radius 2 is 1.68 bits per heavy atom. The van der Waals surface area contributed by atoms with Crippen LogP contribution in [0.5, 0.6) is 11.5 Å². The average Bonchev–Trinajstić information content (AvgIpc) is 2.55. The van der Waals surface area contributed by atoms with Gasteiger partial charge >= 0.3 is 0 Å². The first-order valence-electron chi connectivity index (χ1n) is 7.89. The molecule has 0 atom stereocenters. The number of halogens is 1. The topological polar surface area (TPSA) is 59.9 Å². The van der Waals surface area contributed by atoms with Crippen molar-refractivity contribution < 1.29 is 9.13 Å². The number of hydrogen-bond donors (Lipinski definition) is 1. The fraction of sp³-hybridized carbons (Fsp3) is 0.211. The highest BCUT2D eigenvalue weighted by atomic mass is 19.1. The van der Waals surface area contributed by atoms with E-state index in [-0.39, 0.29) is 11.2 Å². The van der Waals surface area contributed by atoms with E-state index in [0.29, 0.717) is 28.7 Å². The predicted molar refractivity (Wildman–Crippen MR) is 94.7 cm³/mol. The summed E-state index contributed by atoms with van der Waals surface area (Å²) in [5.74, 6) is 1.83. The van der Waals surface area contributed by atoms with Gasteiger partial charge in [0.15, 0.2) is 0 Å². The molecule has 3 aromatic rings. The number of aromatic nitrogens is 3. The van der Waals surface area contributed by atoms with E-state index >= 15 is 0 Å². The predicted octanol–water partition coefficient (Wildman–Crippen LogP) is 4.84. The highest BCUT2D eigenvalue weighted by Crippen LogP contribution is 2.30. The monoisotopic (exact) mass is 338 g/mol. The molecule has 0 saturated carbocycles. The zero-order valence-corrected chi connectivity index (χ0v) is 14.3. The first-order valence-corrected chi connectivity index (χ1v) is 7.89. The Bertz CT molecular complexity index is 863. The zero-order valence-electron chi connectivity index (χ0n) is 14.3. The maximum atomic E-state index is 14.3. The maximum Gasteiger partial charge on any atom is 0.150 e. The smallest absolute Gasteiger partial charge is 0.150 e. The number of hydrogen-bond acceptors (Lipinski definition) is 5. The maximum absolute atomic E-state index is 14.3. The molecule has 0 spiro atoms. The van der Waals surface area contributed by atoms with Crippen molar-refractivity contribution in [3.05, 3.63) is 66.5 Å². The third-order valence-corrected chi connectivity index (χ3v) is 3.53. The lowest BCUT2D eigenvalue weighted by molar-refractivity contribution is 0.468. The molecule has 3 rings (SSSR count). The Morgan fingerprint density at radius 1 is 0.920 bits per heavy atom. The van der Waals surface area contributed by atoms with Gasteiger partial charge in [-0.15, -0.1) is 0 Å². The van der Waals surface area contributed by atoms with Crippen molar-refractivity contribution in [1.29, 1.82) is 0 Å². The van der Waals surface area contributed by atoms with Crippen molar-refractivity contribution in [3.8, 4) is 11.5 Å². The van der Waals surface area contributed by atoms with Gasteiger partial charge in [0, 0.05) is 30.7 Å². The van der Waals surface area contributed by atoms with Crippen LogP contribution in [-0.2, 0) is 5.41 Å². The molecule has 1 aromatic carbocycles. The second-order valence-corrected chi connectivity index (χ2v) is 6.59. The lowest BCUT2D eigenvalue weighted by Crippen LogP contribution is -2.13. The second-order valence-electron chi connectivity index (χ2n) is 6.59. The fourth-order valence-electron chi connectivity index (χ4n) is 2.34. The summed E-state index contributed by atoms with van der Waals surface area (Å²) < 4.78 is 20.0. The summed E-state index contributed by atoms with van der Waals surface area (Å²) in [7, 11) is 0. The minimum Gasteiger partial charge on any atom is -0.457 e. The van der Waals surface area contributed by atoms with E-state index in [1.165, 1.54) is 6.07 Å². The molecule has 2 heterocycles. The van der Waals surface area contributed by atoms with E-state index in [1.54, 1.807) is 49.1 Å². The van der Waals surface area contributed by atoms with Crippen LogP contribution in [0.15, 0.2) is 55.1 Å². The molecule has 2 aromatic heterocycles. The molecule has 0 unspecified atom stereocenters. The molecule has 0 amide bonds. The van der Waals surface area contributed by atoms with Crippen LogP contribution in [0.1, 0.15) is 26.3 Å². The van der Waals surface area contributed by atoms with Gasteiger partial charge in [0.25, 0.3) is 0 Å². The quantitative estimate of drug-likeness (QED) is 0.737. The summed E-state index contributed by atoms with van der Waals surface area (Å²) in [6, 6.07) is 8.34. The molecule has 0 aliphatic carbocycles. The summed E-state index contributed by atoms with van der Waals surface area (Å²) in [6.07, 6.45) is 6.37. The molecule has 128 valence electrons. The molecule has 1 N–H and O–H groups in total. The van der Waals surface area contributed by atoms with Gasteiger partial charge in [-0.1, -0.05) is 26.8 Å². The van der Waals surface area contributed by atoms with Crippen molar-refractivity contribution in [2.24, 2.45) is 0 Å². The van der Waals surface area contributed by atoms with Gasteiger partial charge in [-0.3, -0.25) is 4.98 Å². The number of ether oxygens (including phenoxy) is 1. The van der Waals surface area contributed by atoms with Crippen LogP contribution < -0.4 is 10.1 Å². The Balaban J connectivity index is 1.77. The number of pyridine rings is 1. The molecule has 5 nitrogen and oxygen atoms in total. The van der Waals surface area contributed by atoms with Crippen LogP contribution >= 0.6 is 0 Å². The van der Waals surface area contributed by atoms with E-state index in [1.807, 2.05) is 20.8 Å². The molecule has 6 heteroatoms. The lowest BCUT2D eigenvalue weighted by atomic mass is 9.87. The van der Waals surface area contributed by atoms with E-state index in [9.17, 15) is 4.39 Å². The van der Waals surface area contributed by atoms with Gasteiger partial charge in [0.2, 0.25) is 0 Å². The number of nitrogens with one attached hydrogen (secondary N) is 1. The Labute approximate surface area is 145 Å². The highest BCUT2D eigenvalue weighted by Gasteiger charge is 2.18. The molecule has 0 aliphatic heterocycles. The van der Waals surface area contributed by atoms with Crippen molar-refractivity contribution in [3.63, 3.8) is 0 Å². The van der Waals surface area contributed by atoms with Crippen molar-refractivity contribution in [2.45, 2.75) is 26.2 Å². The normalized spacial score (nSPS) is 11.2. The van der Waals surface area contributed by atoms with Crippen LogP contribution in [0.25, 0.3) is 0 Å². The lowest BCUT2D eigenvalue weighted by Gasteiger charge is -2.20. The standard InChI is InChI=1S/C19H19FN4O/c1-19(2,3)15-5-4-13(10-16(15)20)25-14-6-7-22-17(11-14)24-18-12-21-8-9-23-18/h4-12H,1-3H3,(H,22,23,24). The zero-order chi connectivity index (χ0) is 17.9. The largest absolute Gasteiger partial charge is 0.457 e. The van der Waals surface area contributed by atoms with Gasteiger partial charge in [-0.2, -0.15) is 0 Å². The summed E-state index contributed by atoms with van der Waals surface area (Å²) in [6.45, 7) is 5.91. The molecule has 0 bridgehead atoms. The van der Waals surface area contributed by atoms with Crippen molar-refractivity contribution in [1.82, 2.24) is 15.0 Å². The second kappa shape index (κ2) is 6.84. The van der Waals surface area contributed by atoms with Gasteiger partial charge in [-0.25, -0.2) is 14.4 Å². The average molecular weight is 338 g/mol. The molecule has 0 saturated heterocycles. The Kier molecular flexibility index (Phi) is 4.61. The first kappa shape index (κ1) is 16.8. The van der Waals surface area contributed by atoms with Crippen LogP contribution in [0.4, 0.5) is 16.0 Å². The Morgan fingerprint density at radius 3 is 2.36 bits per heavy atom. The van der Waals surface area contributed by atoms with E-state index in [2.05, 4.69) is 20.3 Å². The number of rotatable bonds is 4. The van der Waals surface area contributed by atoms with Crippen LogP contribution in [-0.4, -0.2) is 15.0 Å². The summed E-state index contributed by atoms with van der Waals surface area (Å²) in [5, 5.41) is 3.03. The van der Waals surface area contributed by atoms with Gasteiger partial charge in [-0.05, 0) is 23.1 Å². The van der Waals surface area contributed by atoms with Crippen molar-refractivity contribution in [2.75, 3.05) is 5.32 Å². The number of benzene rings is 1. The Hall–Kier alpha value is -3.02. The number of nitrogens with zero attached hydrogens (tertiary/aromatic N) is 3.